The van der Waals surface area contributed by atoms with Gasteiger partial charge in [-0.3, -0.25) is 0 Å². The van der Waals surface area contributed by atoms with Crippen LogP contribution >= 0.6 is 11.8 Å². The molecular formula is C15H17N3OS. The van der Waals surface area contributed by atoms with Crippen LogP contribution in [-0.2, 0) is 12.2 Å². The van der Waals surface area contributed by atoms with Crippen molar-refractivity contribution in [2.45, 2.75) is 37.7 Å². The van der Waals surface area contributed by atoms with E-state index in [0.717, 1.165) is 23.6 Å². The first kappa shape index (κ1) is 14.6. The molecule has 0 N–H and O–H groups in total. The minimum Gasteiger partial charge on any atom is -0.339 e. The zero-order chi connectivity index (χ0) is 14.4. The van der Waals surface area contributed by atoms with Gasteiger partial charge in [0.1, 0.15) is 0 Å². The molecule has 104 valence electrons. The SMILES string of the molecule is CCC(C)SCc1noc(Cc2ccc(C#N)cc2)n1. The van der Waals surface area contributed by atoms with Gasteiger partial charge in [0.2, 0.25) is 5.89 Å². The minimum absolute atomic E-state index is 0.604. The Balaban J connectivity index is 1.93. The van der Waals surface area contributed by atoms with Crippen LogP contribution in [0.25, 0.3) is 0 Å². The van der Waals surface area contributed by atoms with Crippen molar-refractivity contribution in [2.24, 2.45) is 0 Å². The Morgan fingerprint density at radius 3 is 2.75 bits per heavy atom. The molecule has 0 saturated carbocycles. The van der Waals surface area contributed by atoms with Crippen LogP contribution in [-0.4, -0.2) is 15.4 Å². The topological polar surface area (TPSA) is 62.7 Å². The van der Waals surface area contributed by atoms with Crippen LogP contribution in [0.1, 0.15) is 43.1 Å². The number of thioether (sulfide) groups is 1. The maximum absolute atomic E-state index is 8.75. The fraction of sp³-hybridized carbons (Fsp3) is 0.400. The number of rotatable bonds is 6. The van der Waals surface area contributed by atoms with E-state index in [0.29, 0.717) is 23.1 Å². The van der Waals surface area contributed by atoms with Gasteiger partial charge in [-0.05, 0) is 24.1 Å². The van der Waals surface area contributed by atoms with Gasteiger partial charge < -0.3 is 4.52 Å². The van der Waals surface area contributed by atoms with Gasteiger partial charge in [0.15, 0.2) is 5.82 Å². The molecule has 0 radical (unpaired) electrons. The third-order valence-corrected chi connectivity index (χ3v) is 4.35. The Labute approximate surface area is 123 Å². The van der Waals surface area contributed by atoms with Gasteiger partial charge in [0.05, 0.1) is 23.8 Å². The highest BCUT2D eigenvalue weighted by molar-refractivity contribution is 7.99. The Bertz CT molecular complexity index is 586. The molecule has 20 heavy (non-hydrogen) atoms. The maximum Gasteiger partial charge on any atom is 0.231 e. The average Bonchev–Trinajstić information content (AvgIpc) is 2.93. The molecule has 0 aliphatic rings. The van der Waals surface area contributed by atoms with Crippen molar-refractivity contribution >= 4 is 11.8 Å². The second-order valence-corrected chi connectivity index (χ2v) is 6.05. The van der Waals surface area contributed by atoms with Gasteiger partial charge in [-0.25, -0.2) is 0 Å². The molecule has 1 aromatic heterocycles. The molecule has 0 amide bonds. The molecule has 0 fully saturated rings. The molecule has 1 atom stereocenters. The van der Waals surface area contributed by atoms with Crippen LogP contribution in [0.3, 0.4) is 0 Å². The zero-order valence-electron chi connectivity index (χ0n) is 11.7. The van der Waals surface area contributed by atoms with Crippen LogP contribution in [0.4, 0.5) is 0 Å². The molecule has 0 spiro atoms. The van der Waals surface area contributed by atoms with E-state index in [-0.39, 0.29) is 0 Å². The predicted octanol–water partition coefficient (Wildman–Crippen LogP) is 3.56. The van der Waals surface area contributed by atoms with E-state index in [2.05, 4.69) is 30.1 Å². The summed E-state index contributed by atoms with van der Waals surface area (Å²) in [5, 5.41) is 13.4. The van der Waals surface area contributed by atoms with E-state index in [1.165, 1.54) is 0 Å². The van der Waals surface area contributed by atoms with Gasteiger partial charge in [-0.2, -0.15) is 22.0 Å². The highest BCUT2D eigenvalue weighted by atomic mass is 32.2. The van der Waals surface area contributed by atoms with Gasteiger partial charge in [0, 0.05) is 5.25 Å². The number of hydrogen-bond acceptors (Lipinski definition) is 5. The van der Waals surface area contributed by atoms with Crippen LogP contribution < -0.4 is 0 Å². The first-order chi connectivity index (χ1) is 9.71. The van der Waals surface area contributed by atoms with Crippen molar-refractivity contribution < 1.29 is 4.52 Å². The Hall–Kier alpha value is -1.80. The van der Waals surface area contributed by atoms with Gasteiger partial charge in [0.25, 0.3) is 0 Å². The minimum atomic E-state index is 0.604. The quantitative estimate of drug-likeness (QED) is 0.812. The van der Waals surface area contributed by atoms with Crippen molar-refractivity contribution in [3.05, 3.63) is 47.1 Å². The lowest BCUT2D eigenvalue weighted by Crippen LogP contribution is -1.95. The standard InChI is InChI=1S/C15H17N3OS/c1-3-11(2)20-10-14-17-15(19-18-14)8-12-4-6-13(9-16)7-5-12/h4-7,11H,3,8,10H2,1-2H3. The van der Waals surface area contributed by atoms with Crippen molar-refractivity contribution in [1.82, 2.24) is 10.1 Å². The summed E-state index contributed by atoms with van der Waals surface area (Å²) in [4.78, 5) is 4.39. The largest absolute Gasteiger partial charge is 0.339 e. The van der Waals surface area contributed by atoms with E-state index in [9.17, 15) is 0 Å². The smallest absolute Gasteiger partial charge is 0.231 e. The summed E-state index contributed by atoms with van der Waals surface area (Å²) >= 11 is 1.83. The summed E-state index contributed by atoms with van der Waals surface area (Å²) in [6.07, 6.45) is 1.74. The van der Waals surface area contributed by atoms with Crippen molar-refractivity contribution in [3.8, 4) is 6.07 Å². The Kier molecular flexibility index (Phi) is 5.19. The third kappa shape index (κ3) is 4.10. The molecule has 0 aliphatic heterocycles. The molecule has 1 unspecified atom stereocenters. The summed E-state index contributed by atoms with van der Waals surface area (Å²) in [5.41, 5.74) is 1.72. The first-order valence-corrected chi connectivity index (χ1v) is 7.68. The molecule has 2 aromatic rings. The second-order valence-electron chi connectivity index (χ2n) is 4.62. The van der Waals surface area contributed by atoms with E-state index >= 15 is 0 Å². The van der Waals surface area contributed by atoms with E-state index in [4.69, 9.17) is 9.78 Å². The average molecular weight is 287 g/mol. The fourth-order valence-corrected chi connectivity index (χ4v) is 2.41. The summed E-state index contributed by atoms with van der Waals surface area (Å²) in [5.74, 6) is 2.15. The zero-order valence-corrected chi connectivity index (χ0v) is 12.5. The molecule has 0 bridgehead atoms. The van der Waals surface area contributed by atoms with Gasteiger partial charge >= 0.3 is 0 Å². The van der Waals surface area contributed by atoms with E-state index in [1.807, 2.05) is 23.9 Å². The van der Waals surface area contributed by atoms with E-state index < -0.39 is 0 Å². The van der Waals surface area contributed by atoms with Crippen LogP contribution in [0.15, 0.2) is 28.8 Å². The van der Waals surface area contributed by atoms with Crippen molar-refractivity contribution in [1.29, 1.82) is 5.26 Å². The summed E-state index contributed by atoms with van der Waals surface area (Å²) in [6.45, 7) is 4.37. The monoisotopic (exact) mass is 287 g/mol. The first-order valence-electron chi connectivity index (χ1n) is 6.63. The van der Waals surface area contributed by atoms with Crippen LogP contribution in [0.2, 0.25) is 0 Å². The number of nitriles is 1. The molecule has 4 nitrogen and oxygen atoms in total. The normalized spacial score (nSPS) is 12.1. The van der Waals surface area contributed by atoms with Crippen LogP contribution in [0.5, 0.6) is 0 Å². The highest BCUT2D eigenvalue weighted by Crippen LogP contribution is 2.18. The lowest BCUT2D eigenvalue weighted by Gasteiger charge is -2.04. The molecule has 0 aliphatic carbocycles. The fourth-order valence-electron chi connectivity index (χ4n) is 1.63. The van der Waals surface area contributed by atoms with Crippen LogP contribution in [0, 0.1) is 11.3 Å². The second kappa shape index (κ2) is 7.11. The van der Waals surface area contributed by atoms with Crippen molar-refractivity contribution in [3.63, 3.8) is 0 Å². The number of benzene rings is 1. The summed E-state index contributed by atoms with van der Waals surface area (Å²) < 4.78 is 5.25. The predicted molar refractivity (Wildman–Crippen MR) is 79.3 cm³/mol. The lowest BCUT2D eigenvalue weighted by atomic mass is 10.1. The molecule has 2 rings (SSSR count). The van der Waals surface area contributed by atoms with Crippen molar-refractivity contribution in [2.75, 3.05) is 0 Å². The number of hydrogen-bond donors (Lipinski definition) is 0. The molecule has 0 saturated heterocycles. The number of aromatic nitrogens is 2. The molecule has 5 heteroatoms. The Morgan fingerprint density at radius 2 is 2.10 bits per heavy atom. The van der Waals surface area contributed by atoms with Gasteiger partial charge in [-0.15, -0.1) is 0 Å². The molecule has 1 heterocycles. The third-order valence-electron chi connectivity index (χ3n) is 3.02. The lowest BCUT2D eigenvalue weighted by molar-refractivity contribution is 0.381. The van der Waals surface area contributed by atoms with Gasteiger partial charge in [-0.1, -0.05) is 31.1 Å². The maximum atomic E-state index is 8.75. The number of nitrogens with zero attached hydrogens (tertiary/aromatic N) is 3. The highest BCUT2D eigenvalue weighted by Gasteiger charge is 2.09. The molecule has 1 aromatic carbocycles. The Morgan fingerprint density at radius 1 is 1.35 bits per heavy atom. The summed E-state index contributed by atoms with van der Waals surface area (Å²) in [6, 6.07) is 9.52. The summed E-state index contributed by atoms with van der Waals surface area (Å²) in [7, 11) is 0. The van der Waals surface area contributed by atoms with E-state index in [1.54, 1.807) is 12.1 Å². The molecular weight excluding hydrogens is 270 g/mol.